The van der Waals surface area contributed by atoms with Crippen molar-refractivity contribution in [3.63, 3.8) is 0 Å². The van der Waals surface area contributed by atoms with Crippen LogP contribution in [-0.2, 0) is 28.0 Å². The van der Waals surface area contributed by atoms with Crippen molar-refractivity contribution in [3.05, 3.63) is 95.1 Å². The Labute approximate surface area is 208 Å². The molecule has 1 saturated heterocycles. The maximum Gasteiger partial charge on any atom is 0.243 e. The monoisotopic (exact) mass is 492 g/mol. The highest BCUT2D eigenvalue weighted by Crippen LogP contribution is 2.25. The van der Waals surface area contributed by atoms with Gasteiger partial charge in [-0.1, -0.05) is 48.5 Å². The van der Waals surface area contributed by atoms with Gasteiger partial charge in [0, 0.05) is 25.6 Å². The number of carbonyl (C=O) groups is 1. The van der Waals surface area contributed by atoms with E-state index in [-0.39, 0.29) is 11.8 Å². The van der Waals surface area contributed by atoms with Crippen molar-refractivity contribution in [3.8, 4) is 5.75 Å². The number of aryl methyl sites for hydroxylation is 2. The Morgan fingerprint density at radius 3 is 2.23 bits per heavy atom. The van der Waals surface area contributed by atoms with E-state index in [0.717, 1.165) is 28.0 Å². The lowest BCUT2D eigenvalue weighted by atomic mass is 9.97. The van der Waals surface area contributed by atoms with E-state index >= 15 is 0 Å². The number of piperidine rings is 1. The molecular formula is C28H32N2O4S. The van der Waals surface area contributed by atoms with E-state index in [0.29, 0.717) is 44.0 Å². The van der Waals surface area contributed by atoms with Crippen LogP contribution in [0.3, 0.4) is 0 Å². The molecule has 1 heterocycles. The third-order valence-electron chi connectivity index (χ3n) is 6.58. The van der Waals surface area contributed by atoms with Crippen molar-refractivity contribution >= 4 is 15.9 Å². The van der Waals surface area contributed by atoms with Crippen LogP contribution in [0.1, 0.15) is 35.1 Å². The molecule has 4 rings (SSSR count). The Balaban J connectivity index is 1.24. The van der Waals surface area contributed by atoms with E-state index in [9.17, 15) is 13.2 Å². The van der Waals surface area contributed by atoms with Gasteiger partial charge in [0.25, 0.3) is 0 Å². The molecule has 3 aromatic rings. The second-order valence-electron chi connectivity index (χ2n) is 9.06. The van der Waals surface area contributed by atoms with Crippen LogP contribution < -0.4 is 10.1 Å². The summed E-state index contributed by atoms with van der Waals surface area (Å²) in [6, 6.07) is 22.9. The van der Waals surface area contributed by atoms with Crippen molar-refractivity contribution in [2.75, 3.05) is 13.1 Å². The Bertz CT molecular complexity index is 1250. The largest absolute Gasteiger partial charge is 0.489 e. The quantitative estimate of drug-likeness (QED) is 0.499. The summed E-state index contributed by atoms with van der Waals surface area (Å²) in [5.74, 6) is 0.626. The summed E-state index contributed by atoms with van der Waals surface area (Å²) in [6.45, 7) is 5.51. The average molecular weight is 493 g/mol. The highest BCUT2D eigenvalue weighted by Gasteiger charge is 2.32. The first kappa shape index (κ1) is 24.9. The molecule has 0 bridgehead atoms. The van der Waals surface area contributed by atoms with Crippen LogP contribution in [0.15, 0.2) is 77.7 Å². The zero-order valence-corrected chi connectivity index (χ0v) is 21.1. The molecule has 7 heteroatoms. The Hall–Kier alpha value is -3.16. The van der Waals surface area contributed by atoms with E-state index in [1.54, 1.807) is 12.1 Å². The van der Waals surface area contributed by atoms with E-state index in [4.69, 9.17) is 4.74 Å². The van der Waals surface area contributed by atoms with Crippen LogP contribution in [0.4, 0.5) is 0 Å². The molecule has 0 spiro atoms. The Morgan fingerprint density at radius 2 is 1.57 bits per heavy atom. The van der Waals surface area contributed by atoms with E-state index < -0.39 is 10.0 Å². The Morgan fingerprint density at radius 1 is 0.914 bits per heavy atom. The molecule has 1 aliphatic rings. The van der Waals surface area contributed by atoms with Gasteiger partial charge >= 0.3 is 0 Å². The molecule has 0 unspecified atom stereocenters. The molecule has 0 saturated carbocycles. The number of ether oxygens (including phenoxy) is 1. The second-order valence-corrected chi connectivity index (χ2v) is 11.0. The molecular weight excluding hydrogens is 460 g/mol. The zero-order chi connectivity index (χ0) is 24.8. The number of hydrogen-bond donors (Lipinski definition) is 1. The first-order chi connectivity index (χ1) is 16.8. The lowest BCUT2D eigenvalue weighted by Crippen LogP contribution is -2.42. The summed E-state index contributed by atoms with van der Waals surface area (Å²) in [7, 11) is -3.54. The summed E-state index contributed by atoms with van der Waals surface area (Å²) in [6.07, 6.45) is 1.04. The molecule has 1 fully saturated rings. The molecule has 3 aromatic carbocycles. The fourth-order valence-electron chi connectivity index (χ4n) is 4.15. The van der Waals surface area contributed by atoms with Crippen molar-refractivity contribution in [1.82, 2.24) is 9.62 Å². The predicted molar refractivity (Wildman–Crippen MR) is 136 cm³/mol. The van der Waals surface area contributed by atoms with Gasteiger partial charge in [-0.25, -0.2) is 8.42 Å². The van der Waals surface area contributed by atoms with Crippen molar-refractivity contribution in [2.24, 2.45) is 5.92 Å². The molecule has 1 N–H and O–H groups in total. The topological polar surface area (TPSA) is 75.7 Å². The predicted octanol–water partition coefficient (Wildman–Crippen LogP) is 4.60. The first-order valence-corrected chi connectivity index (χ1v) is 13.4. The number of benzene rings is 3. The lowest BCUT2D eigenvalue weighted by molar-refractivity contribution is -0.126. The van der Waals surface area contributed by atoms with Gasteiger partial charge in [-0.2, -0.15) is 4.31 Å². The fraction of sp³-hybridized carbons (Fsp3) is 0.321. The number of sulfonamides is 1. The smallest absolute Gasteiger partial charge is 0.243 e. The third-order valence-corrected chi connectivity index (χ3v) is 8.47. The highest BCUT2D eigenvalue weighted by atomic mass is 32.2. The van der Waals surface area contributed by atoms with Gasteiger partial charge < -0.3 is 10.1 Å². The molecule has 1 aliphatic heterocycles. The van der Waals surface area contributed by atoms with Crippen LogP contribution in [0.25, 0.3) is 0 Å². The summed E-state index contributed by atoms with van der Waals surface area (Å²) < 4.78 is 33.3. The number of para-hydroxylation sites is 1. The number of rotatable bonds is 8. The molecule has 0 aliphatic carbocycles. The van der Waals surface area contributed by atoms with Crippen LogP contribution in [-0.4, -0.2) is 31.7 Å². The average Bonchev–Trinajstić information content (AvgIpc) is 2.89. The molecule has 35 heavy (non-hydrogen) atoms. The molecule has 184 valence electrons. The molecule has 0 atom stereocenters. The normalized spacial score (nSPS) is 15.0. The first-order valence-electron chi connectivity index (χ1n) is 11.9. The maximum atomic E-state index is 13.0. The maximum absolute atomic E-state index is 13.0. The Kier molecular flexibility index (Phi) is 7.88. The number of hydrogen-bond acceptors (Lipinski definition) is 4. The fourth-order valence-corrected chi connectivity index (χ4v) is 5.71. The number of amides is 1. The van der Waals surface area contributed by atoms with Gasteiger partial charge in [0.1, 0.15) is 12.4 Å². The van der Waals surface area contributed by atoms with Crippen molar-refractivity contribution < 1.29 is 17.9 Å². The van der Waals surface area contributed by atoms with Gasteiger partial charge in [-0.15, -0.1) is 0 Å². The zero-order valence-electron chi connectivity index (χ0n) is 20.2. The van der Waals surface area contributed by atoms with Crippen LogP contribution >= 0.6 is 0 Å². The van der Waals surface area contributed by atoms with Gasteiger partial charge in [-0.05, 0) is 73.2 Å². The number of carbonyl (C=O) groups excluding carboxylic acids is 1. The molecule has 0 aromatic heterocycles. The summed E-state index contributed by atoms with van der Waals surface area (Å²) >= 11 is 0. The second kappa shape index (κ2) is 11.1. The SMILES string of the molecule is Cc1ccc(S(=O)(=O)N2CCC(C(=O)NCc3ccc(COc4ccccc4)cc3)CC2)cc1C. The molecule has 1 amide bonds. The van der Waals surface area contributed by atoms with Gasteiger partial charge in [0.2, 0.25) is 15.9 Å². The highest BCUT2D eigenvalue weighted by molar-refractivity contribution is 7.89. The van der Waals surface area contributed by atoms with E-state index in [1.807, 2.05) is 74.5 Å². The van der Waals surface area contributed by atoms with E-state index in [1.165, 1.54) is 4.31 Å². The van der Waals surface area contributed by atoms with Gasteiger partial charge in [-0.3, -0.25) is 4.79 Å². The minimum absolute atomic E-state index is 0.0234. The molecule has 6 nitrogen and oxygen atoms in total. The van der Waals surface area contributed by atoms with E-state index in [2.05, 4.69) is 5.32 Å². The summed E-state index contributed by atoms with van der Waals surface area (Å²) in [5.41, 5.74) is 4.09. The van der Waals surface area contributed by atoms with Crippen LogP contribution in [0.2, 0.25) is 0 Å². The minimum Gasteiger partial charge on any atom is -0.489 e. The number of nitrogens with one attached hydrogen (secondary N) is 1. The standard InChI is InChI=1S/C28H32N2O4S/c1-21-8-13-27(18-22(21)2)35(32,33)30-16-14-25(15-17-30)28(31)29-19-23-9-11-24(12-10-23)20-34-26-6-4-3-5-7-26/h3-13,18,25H,14-17,19-20H2,1-2H3,(H,29,31). The van der Waals surface area contributed by atoms with Gasteiger partial charge in [0.05, 0.1) is 4.90 Å². The van der Waals surface area contributed by atoms with Crippen molar-refractivity contribution in [1.29, 1.82) is 0 Å². The molecule has 0 radical (unpaired) electrons. The van der Waals surface area contributed by atoms with Crippen molar-refractivity contribution in [2.45, 2.75) is 44.7 Å². The van der Waals surface area contributed by atoms with Crippen LogP contribution in [0.5, 0.6) is 5.75 Å². The summed E-state index contributed by atoms with van der Waals surface area (Å²) in [4.78, 5) is 13.0. The third kappa shape index (κ3) is 6.29. The van der Waals surface area contributed by atoms with Gasteiger partial charge in [0.15, 0.2) is 0 Å². The summed E-state index contributed by atoms with van der Waals surface area (Å²) in [5, 5.41) is 3.01. The van der Waals surface area contributed by atoms with Crippen LogP contribution in [0, 0.1) is 19.8 Å². The minimum atomic E-state index is -3.54. The number of nitrogens with zero attached hydrogens (tertiary/aromatic N) is 1. The lowest BCUT2D eigenvalue weighted by Gasteiger charge is -2.30.